The topological polar surface area (TPSA) is 37.3 Å². The van der Waals surface area contributed by atoms with Gasteiger partial charge < -0.3 is 0 Å². The van der Waals surface area contributed by atoms with Crippen LogP contribution in [0.4, 0.5) is 5.82 Å². The maximum absolute atomic E-state index is 4.40. The lowest BCUT2D eigenvalue weighted by atomic mass is 9.98. The molecule has 0 spiro atoms. The van der Waals surface area contributed by atoms with Crippen LogP contribution in [0.5, 0.6) is 0 Å². The van der Waals surface area contributed by atoms with Crippen molar-refractivity contribution in [2.75, 3.05) is 5.43 Å². The van der Waals surface area contributed by atoms with E-state index in [2.05, 4.69) is 48.4 Å². The first-order chi connectivity index (χ1) is 9.08. The summed E-state index contributed by atoms with van der Waals surface area (Å²) in [5.74, 6) is 0.753. The molecule has 1 aromatic carbocycles. The summed E-state index contributed by atoms with van der Waals surface area (Å²) in [5, 5.41) is 4.40. The zero-order chi connectivity index (χ0) is 13.8. The number of hydrogen-bond acceptors (Lipinski definition) is 3. The average Bonchev–Trinajstić information content (AvgIpc) is 2.41. The fourth-order valence-corrected chi connectivity index (χ4v) is 1.98. The third-order valence-corrected chi connectivity index (χ3v) is 3.23. The molecule has 0 aliphatic rings. The van der Waals surface area contributed by atoms with Gasteiger partial charge in [-0.3, -0.25) is 5.43 Å². The number of hydrazone groups is 1. The van der Waals surface area contributed by atoms with Gasteiger partial charge in [-0.25, -0.2) is 4.98 Å². The second-order valence-electron chi connectivity index (χ2n) is 4.78. The van der Waals surface area contributed by atoms with Gasteiger partial charge in [0.05, 0.1) is 5.71 Å². The highest BCUT2D eigenvalue weighted by Crippen LogP contribution is 2.16. The molecule has 1 aromatic heterocycles. The van der Waals surface area contributed by atoms with Crippen molar-refractivity contribution in [3.63, 3.8) is 0 Å². The van der Waals surface area contributed by atoms with Crippen LogP contribution in [0.3, 0.4) is 0 Å². The second-order valence-corrected chi connectivity index (χ2v) is 4.78. The normalized spacial score (nSPS) is 11.5. The van der Waals surface area contributed by atoms with Crippen molar-refractivity contribution >= 4 is 11.5 Å². The number of hydrogen-bond donors (Lipinski definition) is 1. The lowest BCUT2D eigenvalue weighted by molar-refractivity contribution is 1.21. The Labute approximate surface area is 114 Å². The molecule has 0 aliphatic carbocycles. The van der Waals surface area contributed by atoms with Crippen molar-refractivity contribution in [2.24, 2.45) is 5.10 Å². The molecule has 19 heavy (non-hydrogen) atoms. The Morgan fingerprint density at radius 3 is 2.47 bits per heavy atom. The van der Waals surface area contributed by atoms with Crippen molar-refractivity contribution in [3.05, 3.63) is 58.8 Å². The van der Waals surface area contributed by atoms with Gasteiger partial charge in [-0.05, 0) is 62.6 Å². The summed E-state index contributed by atoms with van der Waals surface area (Å²) in [5.41, 5.74) is 8.96. The van der Waals surface area contributed by atoms with E-state index in [1.807, 2.05) is 25.1 Å². The molecular formula is C16H19N3. The van der Waals surface area contributed by atoms with Crippen molar-refractivity contribution in [3.8, 4) is 0 Å². The highest BCUT2D eigenvalue weighted by atomic mass is 15.3. The Kier molecular flexibility index (Phi) is 3.95. The molecule has 98 valence electrons. The van der Waals surface area contributed by atoms with E-state index in [0.29, 0.717) is 0 Å². The molecule has 1 N–H and O–H groups in total. The smallest absolute Gasteiger partial charge is 0.146 e. The van der Waals surface area contributed by atoms with Crippen LogP contribution in [0.1, 0.15) is 29.2 Å². The number of anilines is 1. The number of nitrogens with zero attached hydrogens (tertiary/aromatic N) is 2. The maximum Gasteiger partial charge on any atom is 0.146 e. The number of aryl methyl sites for hydroxylation is 3. The zero-order valence-electron chi connectivity index (χ0n) is 11.9. The summed E-state index contributed by atoms with van der Waals surface area (Å²) in [6.45, 7) is 8.37. The standard InChI is InChI=1S/C16H19N3/c1-11-9-13(3)15(10-12(11)2)14(4)18-19-16-7-5-6-8-17-16/h5-10H,1-4H3,(H,17,19)/b18-14-. The fourth-order valence-electron chi connectivity index (χ4n) is 1.98. The molecule has 0 unspecified atom stereocenters. The monoisotopic (exact) mass is 253 g/mol. The first-order valence-electron chi connectivity index (χ1n) is 6.37. The fraction of sp³-hybridized carbons (Fsp3) is 0.250. The van der Waals surface area contributed by atoms with Crippen LogP contribution in [0.25, 0.3) is 0 Å². The Morgan fingerprint density at radius 2 is 1.79 bits per heavy atom. The molecule has 3 heteroatoms. The number of aromatic nitrogens is 1. The van der Waals surface area contributed by atoms with Gasteiger partial charge in [-0.15, -0.1) is 0 Å². The lowest BCUT2D eigenvalue weighted by Gasteiger charge is -2.09. The molecule has 3 nitrogen and oxygen atoms in total. The van der Waals surface area contributed by atoms with E-state index in [1.165, 1.54) is 22.3 Å². The quantitative estimate of drug-likeness (QED) is 0.666. The summed E-state index contributed by atoms with van der Waals surface area (Å²) in [6.07, 6.45) is 1.74. The van der Waals surface area contributed by atoms with Crippen LogP contribution < -0.4 is 5.43 Å². The van der Waals surface area contributed by atoms with E-state index >= 15 is 0 Å². The van der Waals surface area contributed by atoms with Gasteiger partial charge in [-0.1, -0.05) is 12.1 Å². The molecule has 0 amide bonds. The molecule has 0 saturated heterocycles. The number of pyridine rings is 1. The van der Waals surface area contributed by atoms with E-state index < -0.39 is 0 Å². The van der Waals surface area contributed by atoms with Gasteiger partial charge in [0.25, 0.3) is 0 Å². The highest BCUT2D eigenvalue weighted by molar-refractivity contribution is 6.00. The molecule has 0 radical (unpaired) electrons. The third-order valence-electron chi connectivity index (χ3n) is 3.23. The van der Waals surface area contributed by atoms with Crippen molar-refractivity contribution in [1.29, 1.82) is 0 Å². The van der Waals surface area contributed by atoms with Crippen molar-refractivity contribution < 1.29 is 0 Å². The maximum atomic E-state index is 4.40. The van der Waals surface area contributed by atoms with Gasteiger partial charge in [-0.2, -0.15) is 5.10 Å². The summed E-state index contributed by atoms with van der Waals surface area (Å²) < 4.78 is 0. The number of benzene rings is 1. The lowest BCUT2D eigenvalue weighted by Crippen LogP contribution is -2.04. The summed E-state index contributed by atoms with van der Waals surface area (Å²) in [7, 11) is 0. The van der Waals surface area contributed by atoms with Crippen molar-refractivity contribution in [2.45, 2.75) is 27.7 Å². The molecular weight excluding hydrogens is 234 g/mol. The van der Waals surface area contributed by atoms with E-state index in [0.717, 1.165) is 11.5 Å². The van der Waals surface area contributed by atoms with E-state index in [4.69, 9.17) is 0 Å². The van der Waals surface area contributed by atoms with E-state index in [1.54, 1.807) is 6.20 Å². The van der Waals surface area contributed by atoms with Crippen LogP contribution in [-0.2, 0) is 0 Å². The molecule has 0 aliphatic heterocycles. The Hall–Kier alpha value is -2.16. The summed E-state index contributed by atoms with van der Waals surface area (Å²) in [4.78, 5) is 4.18. The van der Waals surface area contributed by atoms with Gasteiger partial charge in [0.2, 0.25) is 0 Å². The average molecular weight is 253 g/mol. The highest BCUT2D eigenvalue weighted by Gasteiger charge is 2.05. The minimum absolute atomic E-state index is 0.753. The van der Waals surface area contributed by atoms with Crippen LogP contribution >= 0.6 is 0 Å². The van der Waals surface area contributed by atoms with E-state index in [9.17, 15) is 0 Å². The molecule has 0 fully saturated rings. The number of nitrogens with one attached hydrogen (secondary N) is 1. The van der Waals surface area contributed by atoms with Crippen LogP contribution in [-0.4, -0.2) is 10.7 Å². The first-order valence-corrected chi connectivity index (χ1v) is 6.37. The van der Waals surface area contributed by atoms with Gasteiger partial charge in [0.15, 0.2) is 0 Å². The van der Waals surface area contributed by atoms with Crippen LogP contribution in [0.15, 0.2) is 41.6 Å². The Balaban J connectivity index is 2.24. The molecule has 2 aromatic rings. The predicted octanol–water partition coefficient (Wildman–Crippen LogP) is 3.84. The SMILES string of the molecule is C/C(=N/Nc1ccccn1)c1cc(C)c(C)cc1C. The van der Waals surface area contributed by atoms with E-state index in [-0.39, 0.29) is 0 Å². The van der Waals surface area contributed by atoms with Crippen LogP contribution in [0, 0.1) is 20.8 Å². The van der Waals surface area contributed by atoms with Gasteiger partial charge >= 0.3 is 0 Å². The zero-order valence-corrected chi connectivity index (χ0v) is 11.9. The summed E-state index contributed by atoms with van der Waals surface area (Å²) in [6, 6.07) is 10.1. The Bertz CT molecular complexity index is 601. The second kappa shape index (κ2) is 5.65. The molecule has 2 rings (SSSR count). The summed E-state index contributed by atoms with van der Waals surface area (Å²) >= 11 is 0. The first kappa shape index (κ1) is 13.3. The minimum atomic E-state index is 0.753. The largest absolute Gasteiger partial charge is 0.261 e. The minimum Gasteiger partial charge on any atom is -0.261 e. The Morgan fingerprint density at radius 1 is 1.05 bits per heavy atom. The van der Waals surface area contributed by atoms with Gasteiger partial charge in [0.1, 0.15) is 5.82 Å². The third kappa shape index (κ3) is 3.19. The number of rotatable bonds is 3. The molecule has 0 saturated carbocycles. The van der Waals surface area contributed by atoms with Crippen LogP contribution in [0.2, 0.25) is 0 Å². The van der Waals surface area contributed by atoms with Crippen molar-refractivity contribution in [1.82, 2.24) is 4.98 Å². The van der Waals surface area contributed by atoms with Gasteiger partial charge in [0, 0.05) is 11.8 Å². The molecule has 0 bridgehead atoms. The molecule has 0 atom stereocenters. The molecule has 1 heterocycles. The predicted molar refractivity (Wildman–Crippen MR) is 80.7 cm³/mol.